The van der Waals surface area contributed by atoms with Crippen LogP contribution in [0.3, 0.4) is 0 Å². The minimum absolute atomic E-state index is 0.204. The molecule has 2 aliphatic rings. The van der Waals surface area contributed by atoms with E-state index in [2.05, 4.69) is 10.2 Å². The molecule has 112 valence electrons. The highest BCUT2D eigenvalue weighted by Crippen LogP contribution is 2.27. The summed E-state index contributed by atoms with van der Waals surface area (Å²) in [6.07, 6.45) is 7.32. The van der Waals surface area contributed by atoms with Gasteiger partial charge in [-0.05, 0) is 18.8 Å². The van der Waals surface area contributed by atoms with E-state index in [1.165, 1.54) is 38.6 Å². The van der Waals surface area contributed by atoms with Crippen LogP contribution in [0.5, 0.6) is 0 Å². The van der Waals surface area contributed by atoms with Gasteiger partial charge in [-0.2, -0.15) is 0 Å². The monoisotopic (exact) mass is 270 g/mol. The molecule has 4 nitrogen and oxygen atoms in total. The number of nitrogens with zero attached hydrogens (tertiary/aromatic N) is 1. The van der Waals surface area contributed by atoms with Gasteiger partial charge in [0.1, 0.15) is 0 Å². The molecule has 0 amide bonds. The van der Waals surface area contributed by atoms with Gasteiger partial charge >= 0.3 is 0 Å². The molecule has 1 heterocycles. The Bertz CT molecular complexity index is 244. The summed E-state index contributed by atoms with van der Waals surface area (Å²) in [6.45, 7) is 5.11. The normalized spacial score (nSPS) is 28.4. The van der Waals surface area contributed by atoms with E-state index in [1.807, 2.05) is 0 Å². The molecule has 0 aromatic heterocycles. The van der Waals surface area contributed by atoms with Gasteiger partial charge in [-0.3, -0.25) is 4.90 Å². The predicted molar refractivity (Wildman–Crippen MR) is 77.5 cm³/mol. The second-order valence-electron chi connectivity index (χ2n) is 6.03. The lowest BCUT2D eigenvalue weighted by atomic mass is 9.83. The van der Waals surface area contributed by atoms with Crippen molar-refractivity contribution < 1.29 is 9.47 Å². The summed E-state index contributed by atoms with van der Waals surface area (Å²) >= 11 is 0. The Morgan fingerprint density at radius 1 is 1.21 bits per heavy atom. The minimum Gasteiger partial charge on any atom is -0.382 e. The van der Waals surface area contributed by atoms with E-state index in [0.717, 1.165) is 25.6 Å². The molecular weight excluding hydrogens is 240 g/mol. The van der Waals surface area contributed by atoms with Crippen LogP contribution in [0, 0.1) is 5.92 Å². The fourth-order valence-electron chi connectivity index (χ4n) is 3.53. The Morgan fingerprint density at radius 3 is 2.68 bits per heavy atom. The summed E-state index contributed by atoms with van der Waals surface area (Å²) in [4.78, 5) is 2.54. The molecule has 0 radical (unpaired) electrons. The van der Waals surface area contributed by atoms with Gasteiger partial charge < -0.3 is 14.8 Å². The van der Waals surface area contributed by atoms with Crippen molar-refractivity contribution >= 4 is 0 Å². The average molecular weight is 270 g/mol. The van der Waals surface area contributed by atoms with Gasteiger partial charge in [0.15, 0.2) is 0 Å². The maximum Gasteiger partial charge on any atom is 0.0931 e. The number of hydrogen-bond acceptors (Lipinski definition) is 4. The van der Waals surface area contributed by atoms with Gasteiger partial charge in [0, 0.05) is 46.4 Å². The molecule has 0 aromatic rings. The number of rotatable bonds is 6. The molecule has 1 saturated carbocycles. The van der Waals surface area contributed by atoms with E-state index in [9.17, 15) is 0 Å². The zero-order valence-corrected chi connectivity index (χ0v) is 12.6. The maximum absolute atomic E-state index is 5.49. The van der Waals surface area contributed by atoms with Gasteiger partial charge in [0.05, 0.1) is 12.7 Å². The zero-order chi connectivity index (χ0) is 13.5. The summed E-state index contributed by atoms with van der Waals surface area (Å²) in [5, 5.41) is 3.73. The van der Waals surface area contributed by atoms with Crippen LogP contribution in [0.15, 0.2) is 0 Å². The van der Waals surface area contributed by atoms with Crippen LogP contribution < -0.4 is 5.32 Å². The van der Waals surface area contributed by atoms with E-state index >= 15 is 0 Å². The first-order chi connectivity index (χ1) is 9.33. The molecule has 2 rings (SSSR count). The topological polar surface area (TPSA) is 33.7 Å². The first kappa shape index (κ1) is 15.2. The third kappa shape index (κ3) is 4.71. The van der Waals surface area contributed by atoms with Crippen LogP contribution in [-0.2, 0) is 9.47 Å². The lowest BCUT2D eigenvalue weighted by Gasteiger charge is -2.40. The Balaban J connectivity index is 1.78. The highest BCUT2D eigenvalue weighted by molar-refractivity contribution is 4.86. The smallest absolute Gasteiger partial charge is 0.0931 e. The van der Waals surface area contributed by atoms with Crippen LogP contribution in [0.4, 0.5) is 0 Å². The van der Waals surface area contributed by atoms with Crippen LogP contribution >= 0.6 is 0 Å². The molecule has 2 fully saturated rings. The van der Waals surface area contributed by atoms with E-state index in [1.54, 1.807) is 14.2 Å². The number of piperazine rings is 1. The summed E-state index contributed by atoms with van der Waals surface area (Å²) in [5.74, 6) is 0.889. The molecule has 19 heavy (non-hydrogen) atoms. The summed E-state index contributed by atoms with van der Waals surface area (Å²) < 4.78 is 10.7. The molecule has 0 bridgehead atoms. The van der Waals surface area contributed by atoms with Crippen molar-refractivity contribution in [3.8, 4) is 0 Å². The Kier molecular flexibility index (Phi) is 6.57. The second kappa shape index (κ2) is 8.20. The van der Waals surface area contributed by atoms with Gasteiger partial charge in [-0.25, -0.2) is 0 Å². The highest BCUT2D eigenvalue weighted by Gasteiger charge is 2.28. The molecule has 0 spiro atoms. The first-order valence-electron chi connectivity index (χ1n) is 7.81. The Labute approximate surface area is 117 Å². The number of methoxy groups -OCH3 is 2. The lowest BCUT2D eigenvalue weighted by molar-refractivity contribution is -0.00171. The first-order valence-corrected chi connectivity index (χ1v) is 7.81. The molecule has 1 aliphatic heterocycles. The summed E-state index contributed by atoms with van der Waals surface area (Å²) in [5.41, 5.74) is 0. The molecule has 1 saturated heterocycles. The third-order valence-electron chi connectivity index (χ3n) is 4.66. The summed E-state index contributed by atoms with van der Waals surface area (Å²) in [7, 11) is 3.53. The molecule has 2 atom stereocenters. The van der Waals surface area contributed by atoms with Crippen molar-refractivity contribution in [2.24, 2.45) is 5.92 Å². The van der Waals surface area contributed by atoms with E-state index in [4.69, 9.17) is 9.47 Å². The third-order valence-corrected chi connectivity index (χ3v) is 4.66. The molecule has 0 aromatic carbocycles. The quantitative estimate of drug-likeness (QED) is 0.793. The maximum atomic E-state index is 5.49. The fraction of sp³-hybridized carbons (Fsp3) is 1.00. The van der Waals surface area contributed by atoms with Gasteiger partial charge in [-0.15, -0.1) is 0 Å². The van der Waals surface area contributed by atoms with E-state index in [-0.39, 0.29) is 6.10 Å². The van der Waals surface area contributed by atoms with Crippen LogP contribution in [0.2, 0.25) is 0 Å². The molecule has 2 unspecified atom stereocenters. The largest absolute Gasteiger partial charge is 0.382 e. The van der Waals surface area contributed by atoms with E-state index < -0.39 is 0 Å². The van der Waals surface area contributed by atoms with Crippen molar-refractivity contribution in [1.29, 1.82) is 0 Å². The van der Waals surface area contributed by atoms with Crippen molar-refractivity contribution in [1.82, 2.24) is 10.2 Å². The van der Waals surface area contributed by atoms with Gasteiger partial charge in [0.2, 0.25) is 0 Å². The predicted octanol–water partition coefficient (Wildman–Crippen LogP) is 1.50. The van der Waals surface area contributed by atoms with Crippen molar-refractivity contribution in [2.75, 3.05) is 47.0 Å². The van der Waals surface area contributed by atoms with Crippen molar-refractivity contribution in [3.63, 3.8) is 0 Å². The van der Waals surface area contributed by atoms with Crippen molar-refractivity contribution in [2.45, 2.75) is 44.2 Å². The highest BCUT2D eigenvalue weighted by atomic mass is 16.5. The second-order valence-corrected chi connectivity index (χ2v) is 6.03. The molecular formula is C15H30N2O2. The van der Waals surface area contributed by atoms with E-state index in [0.29, 0.717) is 12.6 Å². The van der Waals surface area contributed by atoms with Crippen molar-refractivity contribution in [3.05, 3.63) is 0 Å². The number of hydrogen-bond donors (Lipinski definition) is 1. The molecule has 1 aliphatic carbocycles. The standard InChI is InChI=1S/C15H30N2O2/c1-18-12-14(19-2)10-17-9-8-16-15(11-17)13-6-4-3-5-7-13/h13-16H,3-12H2,1-2H3. The molecule has 1 N–H and O–H groups in total. The van der Waals surface area contributed by atoms with Gasteiger partial charge in [-0.1, -0.05) is 19.3 Å². The average Bonchev–Trinajstić information content (AvgIpc) is 2.48. The number of ether oxygens (including phenoxy) is 2. The van der Waals surface area contributed by atoms with Crippen LogP contribution in [0.25, 0.3) is 0 Å². The fourth-order valence-corrected chi connectivity index (χ4v) is 3.53. The van der Waals surface area contributed by atoms with Crippen LogP contribution in [0.1, 0.15) is 32.1 Å². The van der Waals surface area contributed by atoms with Crippen LogP contribution in [-0.4, -0.2) is 64.1 Å². The summed E-state index contributed by atoms with van der Waals surface area (Å²) in [6, 6.07) is 0.689. The molecule has 4 heteroatoms. The number of nitrogens with one attached hydrogen (secondary N) is 1. The Hall–Kier alpha value is -0.160. The zero-order valence-electron chi connectivity index (χ0n) is 12.6. The minimum atomic E-state index is 0.204. The van der Waals surface area contributed by atoms with Gasteiger partial charge in [0.25, 0.3) is 0 Å². The SMILES string of the molecule is COCC(CN1CCNC(C2CCCCC2)C1)OC. The Morgan fingerprint density at radius 2 is 2.00 bits per heavy atom. The lowest BCUT2D eigenvalue weighted by Crippen LogP contribution is -2.55.